The number of benzene rings is 1. The predicted molar refractivity (Wildman–Crippen MR) is 92.3 cm³/mol. The second-order valence-corrected chi connectivity index (χ2v) is 7.92. The van der Waals surface area contributed by atoms with Crippen LogP contribution in [0.3, 0.4) is 0 Å². The van der Waals surface area contributed by atoms with Crippen LogP contribution in [-0.2, 0) is 4.74 Å². The summed E-state index contributed by atoms with van der Waals surface area (Å²) in [7, 11) is 0. The van der Waals surface area contributed by atoms with Crippen molar-refractivity contribution < 1.29 is 22.7 Å². The number of ether oxygens (including phenoxy) is 1. The van der Waals surface area contributed by atoms with E-state index in [4.69, 9.17) is 4.74 Å². The fraction of sp³-hybridized carbons (Fsp3) is 0.588. The smallest absolute Gasteiger partial charge is 0.410 e. The van der Waals surface area contributed by atoms with Crippen molar-refractivity contribution in [3.63, 3.8) is 0 Å². The van der Waals surface area contributed by atoms with E-state index in [1.54, 1.807) is 32.9 Å². The first-order chi connectivity index (χ1) is 11.5. The molecule has 0 bridgehead atoms. The summed E-state index contributed by atoms with van der Waals surface area (Å²) in [6.07, 6.45) is -4.88. The Balaban J connectivity index is 2.09. The molecule has 1 unspecified atom stereocenters. The molecular weight excluding hydrogens is 401 g/mol. The number of piperazine rings is 1. The van der Waals surface area contributed by atoms with Crippen LogP contribution in [-0.4, -0.2) is 53.8 Å². The second-order valence-electron chi connectivity index (χ2n) is 7.00. The van der Waals surface area contributed by atoms with E-state index in [0.29, 0.717) is 4.47 Å². The Hall–Kier alpha value is -1.28. The van der Waals surface area contributed by atoms with Crippen molar-refractivity contribution in [2.75, 3.05) is 26.2 Å². The summed E-state index contributed by atoms with van der Waals surface area (Å²) in [6.45, 7) is 5.95. The summed E-state index contributed by atoms with van der Waals surface area (Å²) >= 11 is 3.22. The highest BCUT2D eigenvalue weighted by Crippen LogP contribution is 2.38. The third-order valence-electron chi connectivity index (χ3n) is 3.81. The molecule has 0 radical (unpaired) electrons. The summed E-state index contributed by atoms with van der Waals surface area (Å²) in [6, 6.07) is 4.55. The Kier molecular flexibility index (Phi) is 6.04. The highest BCUT2D eigenvalue weighted by Gasteiger charge is 2.45. The molecular formula is C17H22BrF3N2O2. The van der Waals surface area contributed by atoms with Gasteiger partial charge in [-0.2, -0.15) is 13.2 Å². The van der Waals surface area contributed by atoms with Crippen LogP contribution in [0.2, 0.25) is 0 Å². The van der Waals surface area contributed by atoms with Gasteiger partial charge in [0, 0.05) is 30.7 Å². The van der Waals surface area contributed by atoms with E-state index in [-0.39, 0.29) is 31.7 Å². The Morgan fingerprint density at radius 3 is 2.24 bits per heavy atom. The number of rotatable bonds is 2. The van der Waals surface area contributed by atoms with Crippen LogP contribution in [0, 0.1) is 0 Å². The van der Waals surface area contributed by atoms with Crippen molar-refractivity contribution in [1.82, 2.24) is 9.80 Å². The molecule has 140 valence electrons. The summed E-state index contributed by atoms with van der Waals surface area (Å²) in [5.74, 6) is 0. The highest BCUT2D eigenvalue weighted by molar-refractivity contribution is 9.10. The summed E-state index contributed by atoms with van der Waals surface area (Å²) < 4.78 is 46.8. The molecule has 4 nitrogen and oxygen atoms in total. The van der Waals surface area contributed by atoms with Gasteiger partial charge in [-0.3, -0.25) is 4.90 Å². The summed E-state index contributed by atoms with van der Waals surface area (Å²) in [4.78, 5) is 14.9. The summed E-state index contributed by atoms with van der Waals surface area (Å²) in [5.41, 5.74) is -0.438. The molecule has 1 aliphatic heterocycles. The maximum atomic E-state index is 13.6. The fourth-order valence-corrected chi connectivity index (χ4v) is 3.19. The Bertz CT molecular complexity index is 609. The number of alkyl halides is 3. The lowest BCUT2D eigenvalue weighted by Crippen LogP contribution is -2.53. The van der Waals surface area contributed by atoms with Gasteiger partial charge in [0.15, 0.2) is 0 Å². The van der Waals surface area contributed by atoms with Gasteiger partial charge in [0.2, 0.25) is 0 Å². The first kappa shape index (κ1) is 20.0. The van der Waals surface area contributed by atoms with Crippen LogP contribution in [0.4, 0.5) is 18.0 Å². The highest BCUT2D eigenvalue weighted by atomic mass is 79.9. The minimum atomic E-state index is -4.39. The molecule has 8 heteroatoms. The number of nitrogens with zero attached hydrogens (tertiary/aromatic N) is 2. The van der Waals surface area contributed by atoms with Crippen LogP contribution in [0.1, 0.15) is 32.4 Å². The molecule has 1 saturated heterocycles. The molecule has 0 aromatic heterocycles. The van der Waals surface area contributed by atoms with Crippen LogP contribution in [0.15, 0.2) is 28.7 Å². The molecule has 25 heavy (non-hydrogen) atoms. The molecule has 1 aromatic rings. The maximum absolute atomic E-state index is 13.6. The van der Waals surface area contributed by atoms with Crippen molar-refractivity contribution in [2.45, 2.75) is 38.6 Å². The molecule has 1 heterocycles. The molecule has 1 amide bonds. The molecule has 1 aliphatic rings. The van der Waals surface area contributed by atoms with E-state index in [1.807, 2.05) is 0 Å². The first-order valence-electron chi connectivity index (χ1n) is 8.01. The van der Waals surface area contributed by atoms with Gasteiger partial charge >= 0.3 is 12.3 Å². The zero-order valence-corrected chi connectivity index (χ0v) is 16.0. The van der Waals surface area contributed by atoms with E-state index < -0.39 is 23.9 Å². The SMILES string of the molecule is CC(C)(C)OC(=O)N1CCN(C(c2cccc(Br)c2)C(F)(F)F)CC1. The average molecular weight is 423 g/mol. The van der Waals surface area contributed by atoms with E-state index in [9.17, 15) is 18.0 Å². The van der Waals surface area contributed by atoms with Gasteiger partial charge in [-0.05, 0) is 38.5 Å². The van der Waals surface area contributed by atoms with Crippen molar-refractivity contribution in [3.8, 4) is 0 Å². The molecule has 1 atom stereocenters. The standard InChI is InChI=1S/C17H22BrF3N2O2/c1-16(2,3)25-15(24)23-9-7-22(8-10-23)14(17(19,20)21)12-5-4-6-13(18)11-12/h4-6,11,14H,7-10H2,1-3H3. The van der Waals surface area contributed by atoms with Gasteiger partial charge < -0.3 is 9.64 Å². The lowest BCUT2D eigenvalue weighted by Gasteiger charge is -2.40. The minimum absolute atomic E-state index is 0.135. The van der Waals surface area contributed by atoms with Gasteiger partial charge in [-0.15, -0.1) is 0 Å². The van der Waals surface area contributed by atoms with Gasteiger partial charge in [0.25, 0.3) is 0 Å². The lowest BCUT2D eigenvalue weighted by molar-refractivity contribution is -0.190. The molecule has 0 spiro atoms. The Labute approximate surface area is 154 Å². The third-order valence-corrected chi connectivity index (χ3v) is 4.30. The molecule has 1 fully saturated rings. The minimum Gasteiger partial charge on any atom is -0.444 e. The number of hydrogen-bond donors (Lipinski definition) is 0. The molecule has 2 rings (SSSR count). The van der Waals surface area contributed by atoms with Crippen molar-refractivity contribution in [3.05, 3.63) is 34.3 Å². The number of hydrogen-bond acceptors (Lipinski definition) is 3. The van der Waals surface area contributed by atoms with Crippen molar-refractivity contribution >= 4 is 22.0 Å². The van der Waals surface area contributed by atoms with E-state index in [2.05, 4.69) is 15.9 Å². The number of carbonyl (C=O) groups excluding carboxylic acids is 1. The lowest BCUT2D eigenvalue weighted by atomic mass is 10.0. The van der Waals surface area contributed by atoms with Crippen LogP contribution < -0.4 is 0 Å². The zero-order valence-electron chi connectivity index (χ0n) is 14.4. The third kappa shape index (κ3) is 5.60. The normalized spacial score (nSPS) is 18.1. The van der Waals surface area contributed by atoms with Crippen LogP contribution >= 0.6 is 15.9 Å². The average Bonchev–Trinajstić information content (AvgIpc) is 2.45. The molecule has 0 aliphatic carbocycles. The molecule has 1 aromatic carbocycles. The fourth-order valence-electron chi connectivity index (χ4n) is 2.77. The quantitative estimate of drug-likeness (QED) is 0.697. The van der Waals surface area contributed by atoms with Crippen LogP contribution in [0.25, 0.3) is 0 Å². The van der Waals surface area contributed by atoms with Gasteiger partial charge in [0.1, 0.15) is 11.6 Å². The molecule has 0 saturated carbocycles. The second kappa shape index (κ2) is 7.53. The van der Waals surface area contributed by atoms with Crippen molar-refractivity contribution in [1.29, 1.82) is 0 Å². The van der Waals surface area contributed by atoms with E-state index in [1.165, 1.54) is 21.9 Å². The van der Waals surface area contributed by atoms with Gasteiger partial charge in [0.05, 0.1) is 0 Å². The zero-order chi connectivity index (χ0) is 18.8. The number of carbonyl (C=O) groups is 1. The monoisotopic (exact) mass is 422 g/mol. The van der Waals surface area contributed by atoms with E-state index in [0.717, 1.165) is 0 Å². The maximum Gasteiger partial charge on any atom is 0.410 e. The van der Waals surface area contributed by atoms with Crippen LogP contribution in [0.5, 0.6) is 0 Å². The number of amides is 1. The Morgan fingerprint density at radius 1 is 1.16 bits per heavy atom. The number of halogens is 4. The largest absolute Gasteiger partial charge is 0.444 e. The Morgan fingerprint density at radius 2 is 1.76 bits per heavy atom. The topological polar surface area (TPSA) is 32.8 Å². The van der Waals surface area contributed by atoms with Gasteiger partial charge in [-0.1, -0.05) is 28.1 Å². The van der Waals surface area contributed by atoms with Gasteiger partial charge in [-0.25, -0.2) is 4.79 Å². The first-order valence-corrected chi connectivity index (χ1v) is 8.81. The predicted octanol–water partition coefficient (Wildman–Crippen LogP) is 4.61. The van der Waals surface area contributed by atoms with Crippen molar-refractivity contribution in [2.24, 2.45) is 0 Å². The summed E-state index contributed by atoms with van der Waals surface area (Å²) in [5, 5.41) is 0. The molecule has 0 N–H and O–H groups in total. The van der Waals surface area contributed by atoms with E-state index >= 15 is 0 Å².